The van der Waals surface area contributed by atoms with Crippen molar-refractivity contribution < 1.29 is 4.74 Å². The molecule has 19 heavy (non-hydrogen) atoms. The van der Waals surface area contributed by atoms with Crippen molar-refractivity contribution in [1.29, 1.82) is 0 Å². The maximum absolute atomic E-state index is 6.16. The fraction of sp³-hybridized carbons (Fsp3) is 0.600. The van der Waals surface area contributed by atoms with Crippen LogP contribution in [0.25, 0.3) is 0 Å². The van der Waals surface area contributed by atoms with Crippen molar-refractivity contribution in [2.75, 3.05) is 26.3 Å². The largest absolute Gasteiger partial charge is 0.381 e. The molecular weight excluding hydrogens is 281 g/mol. The molecule has 0 amide bonds. The van der Waals surface area contributed by atoms with Gasteiger partial charge in [-0.3, -0.25) is 0 Å². The minimum Gasteiger partial charge on any atom is -0.381 e. The highest BCUT2D eigenvalue weighted by atomic mass is 35.5. The quantitative estimate of drug-likeness (QED) is 0.840. The molecule has 3 atom stereocenters. The van der Waals surface area contributed by atoms with E-state index in [9.17, 15) is 0 Å². The van der Waals surface area contributed by atoms with Gasteiger partial charge in [-0.15, -0.1) is 0 Å². The topological polar surface area (TPSA) is 21.3 Å². The number of ether oxygens (including phenoxy) is 1. The maximum Gasteiger partial charge on any atom is 0.0595 e. The fourth-order valence-corrected chi connectivity index (χ4v) is 3.86. The molecule has 0 radical (unpaired) electrons. The van der Waals surface area contributed by atoms with Crippen molar-refractivity contribution in [2.24, 2.45) is 11.8 Å². The number of fused-ring (bicyclic) bond motifs is 1. The summed E-state index contributed by atoms with van der Waals surface area (Å²) in [7, 11) is 0. The number of benzene rings is 1. The van der Waals surface area contributed by atoms with Crippen molar-refractivity contribution in [1.82, 2.24) is 5.32 Å². The third-order valence-corrected chi connectivity index (χ3v) is 5.32. The number of nitrogens with one attached hydrogen (secondary N) is 1. The van der Waals surface area contributed by atoms with Crippen LogP contribution in [0.3, 0.4) is 0 Å². The van der Waals surface area contributed by atoms with Gasteiger partial charge in [-0.25, -0.2) is 0 Å². The van der Waals surface area contributed by atoms with Crippen molar-refractivity contribution in [3.05, 3.63) is 33.8 Å². The SMILES string of the molecule is CCCOC[C@H]1[C@@H]2CNC[C@@]21c1ccc(Cl)c(Cl)c1. The third-order valence-electron chi connectivity index (χ3n) is 4.58. The monoisotopic (exact) mass is 299 g/mol. The molecular formula is C15H19Cl2NO. The summed E-state index contributed by atoms with van der Waals surface area (Å²) in [4.78, 5) is 0. The first-order valence-corrected chi connectivity index (χ1v) is 7.69. The molecule has 3 rings (SSSR count). The first-order chi connectivity index (χ1) is 9.20. The summed E-state index contributed by atoms with van der Waals surface area (Å²) >= 11 is 12.2. The highest BCUT2D eigenvalue weighted by Crippen LogP contribution is 2.62. The minimum atomic E-state index is 0.224. The Labute approximate surface area is 124 Å². The van der Waals surface area contributed by atoms with Gasteiger partial charge < -0.3 is 10.1 Å². The van der Waals surface area contributed by atoms with Crippen LogP contribution in [-0.4, -0.2) is 26.3 Å². The number of hydrogen-bond acceptors (Lipinski definition) is 2. The smallest absolute Gasteiger partial charge is 0.0595 e. The van der Waals surface area contributed by atoms with E-state index >= 15 is 0 Å². The molecule has 0 aromatic heterocycles. The second-order valence-corrected chi connectivity index (χ2v) is 6.40. The summed E-state index contributed by atoms with van der Waals surface area (Å²) in [5.41, 5.74) is 1.53. The van der Waals surface area contributed by atoms with Crippen LogP contribution in [0.4, 0.5) is 0 Å². The zero-order chi connectivity index (χ0) is 13.5. The maximum atomic E-state index is 6.16. The van der Waals surface area contributed by atoms with Crippen molar-refractivity contribution in [3.63, 3.8) is 0 Å². The van der Waals surface area contributed by atoms with E-state index in [1.54, 1.807) is 0 Å². The lowest BCUT2D eigenvalue weighted by atomic mass is 9.93. The van der Waals surface area contributed by atoms with Crippen LogP contribution >= 0.6 is 23.2 Å². The molecule has 0 bridgehead atoms. The van der Waals surface area contributed by atoms with Crippen molar-refractivity contribution in [3.8, 4) is 0 Å². The number of rotatable bonds is 5. The van der Waals surface area contributed by atoms with Crippen LogP contribution in [0.15, 0.2) is 18.2 Å². The average Bonchev–Trinajstić information content (AvgIpc) is 2.81. The van der Waals surface area contributed by atoms with E-state index in [1.165, 1.54) is 5.56 Å². The zero-order valence-corrected chi connectivity index (χ0v) is 12.6. The van der Waals surface area contributed by atoms with Gasteiger partial charge in [-0.1, -0.05) is 36.2 Å². The fourth-order valence-electron chi connectivity index (χ4n) is 3.56. The molecule has 1 aromatic rings. The molecule has 1 heterocycles. The summed E-state index contributed by atoms with van der Waals surface area (Å²) < 4.78 is 5.76. The van der Waals surface area contributed by atoms with Crippen LogP contribution in [0, 0.1) is 11.8 Å². The molecule has 1 aliphatic heterocycles. The molecule has 1 saturated heterocycles. The Bertz CT molecular complexity index is 479. The zero-order valence-electron chi connectivity index (χ0n) is 11.1. The van der Waals surface area contributed by atoms with E-state index in [-0.39, 0.29) is 5.41 Å². The lowest BCUT2D eigenvalue weighted by Gasteiger charge is -2.17. The van der Waals surface area contributed by atoms with Gasteiger partial charge in [0.05, 0.1) is 16.7 Å². The Morgan fingerprint density at radius 3 is 2.95 bits per heavy atom. The Kier molecular flexibility index (Phi) is 3.78. The molecule has 2 aliphatic rings. The summed E-state index contributed by atoms with van der Waals surface area (Å²) in [6.07, 6.45) is 1.08. The number of hydrogen-bond donors (Lipinski definition) is 1. The molecule has 1 aliphatic carbocycles. The third kappa shape index (κ3) is 2.19. The Balaban J connectivity index is 1.79. The van der Waals surface area contributed by atoms with Crippen molar-refractivity contribution >= 4 is 23.2 Å². The normalized spacial score (nSPS) is 32.4. The minimum absolute atomic E-state index is 0.224. The summed E-state index contributed by atoms with van der Waals surface area (Å²) in [6.45, 7) is 5.97. The van der Waals surface area contributed by atoms with Crippen LogP contribution in [0.5, 0.6) is 0 Å². The van der Waals surface area contributed by atoms with Gasteiger partial charge in [0.25, 0.3) is 0 Å². The lowest BCUT2D eigenvalue weighted by Crippen LogP contribution is -2.25. The Hall–Kier alpha value is -0.280. The number of piperidine rings is 1. The van der Waals surface area contributed by atoms with Gasteiger partial charge in [0, 0.05) is 18.6 Å². The molecule has 1 N–H and O–H groups in total. The van der Waals surface area contributed by atoms with Gasteiger partial charge in [-0.05, 0) is 42.5 Å². The van der Waals surface area contributed by atoms with Gasteiger partial charge in [0.15, 0.2) is 0 Å². The van der Waals surface area contributed by atoms with Gasteiger partial charge in [0.1, 0.15) is 0 Å². The molecule has 1 saturated carbocycles. The molecule has 4 heteroatoms. The molecule has 1 aromatic carbocycles. The Morgan fingerprint density at radius 2 is 2.21 bits per heavy atom. The van der Waals surface area contributed by atoms with Crippen LogP contribution in [0.2, 0.25) is 10.0 Å². The predicted octanol–water partition coefficient (Wildman–Crippen LogP) is 3.51. The Morgan fingerprint density at radius 1 is 1.37 bits per heavy atom. The van der Waals surface area contributed by atoms with Crippen LogP contribution < -0.4 is 5.32 Å². The predicted molar refractivity (Wildman–Crippen MR) is 79.1 cm³/mol. The van der Waals surface area contributed by atoms with Gasteiger partial charge in [0.2, 0.25) is 0 Å². The number of halogens is 2. The van der Waals surface area contributed by atoms with Gasteiger partial charge >= 0.3 is 0 Å². The van der Waals surface area contributed by atoms with E-state index in [2.05, 4.69) is 18.3 Å². The molecule has 2 fully saturated rings. The first kappa shape index (κ1) is 13.7. The van der Waals surface area contributed by atoms with E-state index in [1.807, 2.05) is 12.1 Å². The van der Waals surface area contributed by atoms with E-state index in [4.69, 9.17) is 27.9 Å². The first-order valence-electron chi connectivity index (χ1n) is 6.94. The molecule has 0 unspecified atom stereocenters. The standard InChI is InChI=1S/C15H19Cl2NO/c1-2-5-19-8-12-11-7-18-9-15(11,12)10-3-4-13(16)14(17)6-10/h3-4,6,11-12,18H,2,5,7-9H2,1H3/t11-,12-,15+/m0/s1. The highest BCUT2D eigenvalue weighted by molar-refractivity contribution is 6.42. The molecule has 2 nitrogen and oxygen atoms in total. The summed E-state index contributed by atoms with van der Waals surface area (Å²) in [6, 6.07) is 6.06. The van der Waals surface area contributed by atoms with E-state index in [0.29, 0.717) is 21.9 Å². The van der Waals surface area contributed by atoms with Crippen LogP contribution in [0.1, 0.15) is 18.9 Å². The van der Waals surface area contributed by atoms with E-state index < -0.39 is 0 Å². The van der Waals surface area contributed by atoms with Crippen LogP contribution in [-0.2, 0) is 10.2 Å². The second kappa shape index (κ2) is 5.25. The highest BCUT2D eigenvalue weighted by Gasteiger charge is 2.67. The molecule has 104 valence electrons. The average molecular weight is 300 g/mol. The van der Waals surface area contributed by atoms with Crippen molar-refractivity contribution in [2.45, 2.75) is 18.8 Å². The summed E-state index contributed by atoms with van der Waals surface area (Å²) in [5, 5.41) is 4.76. The molecule has 0 spiro atoms. The second-order valence-electron chi connectivity index (χ2n) is 5.59. The van der Waals surface area contributed by atoms with E-state index in [0.717, 1.165) is 32.7 Å². The summed E-state index contributed by atoms with van der Waals surface area (Å²) in [5.74, 6) is 1.30. The lowest BCUT2D eigenvalue weighted by molar-refractivity contribution is 0.115. The van der Waals surface area contributed by atoms with Gasteiger partial charge in [-0.2, -0.15) is 0 Å².